The van der Waals surface area contributed by atoms with Gasteiger partial charge >= 0.3 is 6.09 Å². The van der Waals surface area contributed by atoms with Gasteiger partial charge in [-0.25, -0.2) is 9.48 Å². The van der Waals surface area contributed by atoms with Crippen molar-refractivity contribution in [3.05, 3.63) is 35.9 Å². The number of halogens is 1. The van der Waals surface area contributed by atoms with Crippen LogP contribution in [-0.2, 0) is 9.53 Å². The van der Waals surface area contributed by atoms with E-state index in [1.165, 1.54) is 23.6 Å². The van der Waals surface area contributed by atoms with Crippen molar-refractivity contribution in [2.45, 2.75) is 20.0 Å². The number of alkyl carbamates (subject to hydrolysis) is 1. The predicted molar refractivity (Wildman–Crippen MR) is 89.4 cm³/mol. The highest BCUT2D eigenvalue weighted by Gasteiger charge is 2.26. The van der Waals surface area contributed by atoms with E-state index in [9.17, 15) is 9.59 Å². The second-order valence-electron chi connectivity index (χ2n) is 4.84. The zero-order valence-corrected chi connectivity index (χ0v) is 14.3. The SMILES string of the molecule is CCN(C(=O)C(C)OC(=O)NC)c1cn(-c2cccnc2)nc1Cl. The van der Waals surface area contributed by atoms with E-state index in [1.54, 1.807) is 31.6 Å². The van der Waals surface area contributed by atoms with Crippen LogP contribution in [0.5, 0.6) is 0 Å². The summed E-state index contributed by atoms with van der Waals surface area (Å²) in [6.45, 7) is 3.64. The second-order valence-corrected chi connectivity index (χ2v) is 5.20. The summed E-state index contributed by atoms with van der Waals surface area (Å²) >= 11 is 6.18. The molecular formula is C15H18ClN5O3. The van der Waals surface area contributed by atoms with Gasteiger partial charge in [0.2, 0.25) is 0 Å². The van der Waals surface area contributed by atoms with Crippen molar-refractivity contribution in [3.63, 3.8) is 0 Å². The lowest BCUT2D eigenvalue weighted by Gasteiger charge is -2.23. The number of anilines is 1. The van der Waals surface area contributed by atoms with E-state index in [1.807, 2.05) is 6.07 Å². The Morgan fingerprint density at radius 2 is 2.25 bits per heavy atom. The largest absolute Gasteiger partial charge is 0.436 e. The monoisotopic (exact) mass is 351 g/mol. The molecule has 128 valence electrons. The molecule has 24 heavy (non-hydrogen) atoms. The van der Waals surface area contributed by atoms with Crippen molar-refractivity contribution >= 4 is 29.3 Å². The Morgan fingerprint density at radius 1 is 1.50 bits per heavy atom. The molecule has 2 heterocycles. The highest BCUT2D eigenvalue weighted by atomic mass is 35.5. The fraction of sp³-hybridized carbons (Fsp3) is 0.333. The number of rotatable bonds is 5. The van der Waals surface area contributed by atoms with Crippen LogP contribution >= 0.6 is 11.6 Å². The summed E-state index contributed by atoms with van der Waals surface area (Å²) in [7, 11) is 1.42. The molecule has 1 atom stereocenters. The summed E-state index contributed by atoms with van der Waals surface area (Å²) in [5, 5.41) is 6.67. The van der Waals surface area contributed by atoms with Crippen LogP contribution in [0.25, 0.3) is 5.69 Å². The average Bonchev–Trinajstić information content (AvgIpc) is 2.97. The minimum atomic E-state index is -0.956. The summed E-state index contributed by atoms with van der Waals surface area (Å²) in [5.74, 6) is -0.395. The molecule has 0 aliphatic carbocycles. The van der Waals surface area contributed by atoms with Gasteiger partial charge in [-0.2, -0.15) is 5.10 Å². The van der Waals surface area contributed by atoms with Gasteiger partial charge in [0.15, 0.2) is 11.3 Å². The van der Waals surface area contributed by atoms with Crippen molar-refractivity contribution in [2.24, 2.45) is 0 Å². The van der Waals surface area contributed by atoms with E-state index in [-0.39, 0.29) is 5.15 Å². The maximum atomic E-state index is 12.5. The number of ether oxygens (including phenoxy) is 1. The number of hydrogen-bond donors (Lipinski definition) is 1. The standard InChI is InChI=1S/C15H18ClN5O3/c1-4-20(14(22)10(2)24-15(23)17-3)12-9-21(19-13(12)16)11-6-5-7-18-8-11/h5-10H,4H2,1-3H3,(H,17,23). The molecule has 0 saturated heterocycles. The topological polar surface area (TPSA) is 89.4 Å². The van der Waals surface area contributed by atoms with Crippen molar-refractivity contribution < 1.29 is 14.3 Å². The van der Waals surface area contributed by atoms with Crippen molar-refractivity contribution in [2.75, 3.05) is 18.5 Å². The number of likely N-dealkylation sites (N-methyl/N-ethyl adjacent to an activating group) is 1. The van der Waals surface area contributed by atoms with E-state index < -0.39 is 18.1 Å². The molecule has 0 spiro atoms. The van der Waals surface area contributed by atoms with Crippen molar-refractivity contribution in [1.82, 2.24) is 20.1 Å². The molecule has 2 amide bonds. The van der Waals surface area contributed by atoms with Crippen LogP contribution in [0.3, 0.4) is 0 Å². The van der Waals surface area contributed by atoms with Crippen LogP contribution in [0.15, 0.2) is 30.7 Å². The van der Waals surface area contributed by atoms with E-state index >= 15 is 0 Å². The smallest absolute Gasteiger partial charge is 0.407 e. The predicted octanol–water partition coefficient (Wildman–Crippen LogP) is 2.02. The number of carbonyl (C=O) groups excluding carboxylic acids is 2. The lowest BCUT2D eigenvalue weighted by Crippen LogP contribution is -2.41. The normalized spacial score (nSPS) is 11.7. The first kappa shape index (κ1) is 17.7. The molecule has 1 N–H and O–H groups in total. The summed E-state index contributed by atoms with van der Waals surface area (Å²) in [5.41, 5.74) is 1.14. The third-order valence-corrected chi connectivity index (χ3v) is 3.54. The van der Waals surface area contributed by atoms with Gasteiger partial charge in [-0.3, -0.25) is 9.78 Å². The number of amides is 2. The molecule has 0 radical (unpaired) electrons. The molecule has 0 saturated carbocycles. The summed E-state index contributed by atoms with van der Waals surface area (Å²) in [4.78, 5) is 29.2. The summed E-state index contributed by atoms with van der Waals surface area (Å²) in [6, 6.07) is 3.59. The van der Waals surface area contributed by atoms with Crippen LogP contribution in [0.2, 0.25) is 5.15 Å². The molecule has 2 aromatic rings. The minimum absolute atomic E-state index is 0.168. The van der Waals surface area contributed by atoms with Crippen LogP contribution in [0, 0.1) is 0 Å². The van der Waals surface area contributed by atoms with E-state index in [4.69, 9.17) is 16.3 Å². The Labute approximate surface area is 144 Å². The van der Waals surface area contributed by atoms with Gasteiger partial charge in [0, 0.05) is 19.8 Å². The van der Waals surface area contributed by atoms with Crippen molar-refractivity contribution in [3.8, 4) is 5.69 Å². The fourth-order valence-corrected chi connectivity index (χ4v) is 2.31. The highest BCUT2D eigenvalue weighted by molar-refractivity contribution is 6.32. The number of nitrogens with one attached hydrogen (secondary N) is 1. The Hall–Kier alpha value is -2.61. The van der Waals surface area contributed by atoms with Gasteiger partial charge in [-0.05, 0) is 26.0 Å². The quantitative estimate of drug-likeness (QED) is 0.890. The molecule has 2 rings (SSSR count). The Morgan fingerprint density at radius 3 is 2.83 bits per heavy atom. The van der Waals surface area contributed by atoms with E-state index in [2.05, 4.69) is 15.4 Å². The lowest BCUT2D eigenvalue weighted by atomic mass is 10.3. The molecule has 0 bridgehead atoms. The second kappa shape index (κ2) is 7.78. The van der Waals surface area contributed by atoms with Gasteiger partial charge in [-0.1, -0.05) is 11.6 Å². The molecule has 9 heteroatoms. The fourth-order valence-electron chi connectivity index (χ4n) is 2.08. The summed E-state index contributed by atoms with van der Waals surface area (Å²) in [6.07, 6.45) is 3.28. The maximum absolute atomic E-state index is 12.5. The lowest BCUT2D eigenvalue weighted by molar-refractivity contribution is -0.125. The van der Waals surface area contributed by atoms with Crippen molar-refractivity contribution in [1.29, 1.82) is 0 Å². The van der Waals surface area contributed by atoms with Gasteiger partial charge in [-0.15, -0.1) is 0 Å². The highest BCUT2D eigenvalue weighted by Crippen LogP contribution is 2.26. The Bertz CT molecular complexity index is 719. The minimum Gasteiger partial charge on any atom is -0.436 e. The van der Waals surface area contributed by atoms with Crippen LogP contribution in [0.1, 0.15) is 13.8 Å². The van der Waals surface area contributed by atoms with Crippen LogP contribution in [-0.4, -0.2) is 46.5 Å². The summed E-state index contributed by atoms with van der Waals surface area (Å²) < 4.78 is 6.51. The van der Waals surface area contributed by atoms with Crippen LogP contribution < -0.4 is 10.2 Å². The van der Waals surface area contributed by atoms with Gasteiger partial charge in [0.05, 0.1) is 18.1 Å². The zero-order valence-electron chi connectivity index (χ0n) is 13.6. The molecule has 0 aromatic carbocycles. The first-order chi connectivity index (χ1) is 11.5. The molecule has 8 nitrogen and oxygen atoms in total. The first-order valence-corrected chi connectivity index (χ1v) is 7.71. The van der Waals surface area contributed by atoms with E-state index in [0.29, 0.717) is 17.9 Å². The average molecular weight is 352 g/mol. The Balaban J connectivity index is 2.26. The van der Waals surface area contributed by atoms with Gasteiger partial charge in [0.1, 0.15) is 5.69 Å². The zero-order chi connectivity index (χ0) is 17.7. The first-order valence-electron chi connectivity index (χ1n) is 7.33. The number of hydrogen-bond acceptors (Lipinski definition) is 5. The molecular weight excluding hydrogens is 334 g/mol. The van der Waals surface area contributed by atoms with Gasteiger partial charge in [0.25, 0.3) is 5.91 Å². The number of nitrogens with zero attached hydrogens (tertiary/aromatic N) is 4. The molecule has 2 aromatic heterocycles. The molecule has 0 fully saturated rings. The van der Waals surface area contributed by atoms with E-state index in [0.717, 1.165) is 0 Å². The molecule has 0 aliphatic rings. The number of aromatic nitrogens is 3. The van der Waals surface area contributed by atoms with Gasteiger partial charge < -0.3 is 15.0 Å². The Kier molecular flexibility index (Phi) is 5.75. The number of carbonyl (C=O) groups is 2. The third kappa shape index (κ3) is 3.83. The third-order valence-electron chi connectivity index (χ3n) is 3.27. The van der Waals surface area contributed by atoms with Crippen LogP contribution in [0.4, 0.5) is 10.5 Å². The maximum Gasteiger partial charge on any atom is 0.407 e. The number of pyridine rings is 1. The molecule has 0 aliphatic heterocycles. The molecule has 1 unspecified atom stereocenters.